The second kappa shape index (κ2) is 3.94. The van der Waals surface area contributed by atoms with Crippen LogP contribution >= 0.6 is 22.9 Å². The Bertz CT molecular complexity index is 367. The first-order chi connectivity index (χ1) is 6.40. The van der Waals surface area contributed by atoms with Crippen molar-refractivity contribution in [3.8, 4) is 11.4 Å². The number of hydrogen-bond donors (Lipinski definition) is 1. The Morgan fingerprint density at radius 2 is 2.46 bits per heavy atom. The molecule has 0 aliphatic rings. The molecule has 0 bridgehead atoms. The fraction of sp³-hybridized carbons (Fsp3) is 0.222. The van der Waals surface area contributed by atoms with E-state index in [4.69, 9.17) is 11.6 Å². The van der Waals surface area contributed by atoms with Crippen molar-refractivity contribution >= 4 is 22.9 Å². The van der Waals surface area contributed by atoms with E-state index in [2.05, 4.69) is 9.97 Å². The Hall–Kier alpha value is -0.800. The van der Waals surface area contributed by atoms with E-state index in [9.17, 15) is 0 Å². The molecule has 0 radical (unpaired) electrons. The third-order valence-corrected chi connectivity index (χ3v) is 2.83. The number of aromatic amines is 1. The Balaban J connectivity index is 2.23. The second-order valence-electron chi connectivity index (χ2n) is 2.65. The van der Waals surface area contributed by atoms with Crippen LogP contribution in [0.3, 0.4) is 0 Å². The van der Waals surface area contributed by atoms with Gasteiger partial charge < -0.3 is 4.98 Å². The Kier molecular flexibility index (Phi) is 2.66. The largest absolute Gasteiger partial charge is 0.360 e. The van der Waals surface area contributed by atoms with Crippen molar-refractivity contribution < 1.29 is 0 Å². The highest BCUT2D eigenvalue weighted by atomic mass is 35.5. The van der Waals surface area contributed by atoms with E-state index in [-0.39, 0.29) is 0 Å². The summed E-state index contributed by atoms with van der Waals surface area (Å²) in [5.74, 6) is 0.637. The molecule has 4 heteroatoms. The average Bonchev–Trinajstić information content (AvgIpc) is 2.70. The zero-order valence-electron chi connectivity index (χ0n) is 6.96. The summed E-state index contributed by atoms with van der Waals surface area (Å²) in [4.78, 5) is 7.57. The zero-order chi connectivity index (χ0) is 9.10. The summed E-state index contributed by atoms with van der Waals surface area (Å²) in [6.45, 7) is 0. The summed E-state index contributed by atoms with van der Waals surface area (Å²) < 4.78 is 0. The number of nitrogens with one attached hydrogen (secondary N) is 1. The number of hydrogen-bond acceptors (Lipinski definition) is 2. The van der Waals surface area contributed by atoms with Crippen molar-refractivity contribution in [2.24, 2.45) is 0 Å². The van der Waals surface area contributed by atoms with Gasteiger partial charge in [0, 0.05) is 23.9 Å². The fourth-order valence-corrected chi connectivity index (χ4v) is 2.21. The standard InChI is InChI=1S/C9H9ClN2S/c10-4-3-9-12-8(6-13-9)7-2-1-5-11-7/h1-2,5-6,11H,3-4H2. The van der Waals surface area contributed by atoms with Crippen LogP contribution in [0.1, 0.15) is 5.01 Å². The summed E-state index contributed by atoms with van der Waals surface area (Å²) in [6.07, 6.45) is 2.75. The lowest BCUT2D eigenvalue weighted by Gasteiger charge is -1.89. The van der Waals surface area contributed by atoms with Gasteiger partial charge in [0.2, 0.25) is 0 Å². The summed E-state index contributed by atoms with van der Waals surface area (Å²) in [5, 5.41) is 3.15. The molecule has 0 aliphatic carbocycles. The Morgan fingerprint density at radius 3 is 3.15 bits per heavy atom. The Morgan fingerprint density at radius 1 is 1.54 bits per heavy atom. The normalized spacial score (nSPS) is 10.5. The highest BCUT2D eigenvalue weighted by Crippen LogP contribution is 2.20. The molecule has 2 aromatic heterocycles. The number of nitrogens with zero attached hydrogens (tertiary/aromatic N) is 1. The number of alkyl halides is 1. The topological polar surface area (TPSA) is 28.7 Å². The lowest BCUT2D eigenvalue weighted by Crippen LogP contribution is -1.84. The molecule has 2 aromatic rings. The van der Waals surface area contributed by atoms with E-state index in [0.29, 0.717) is 5.88 Å². The predicted octanol–water partition coefficient (Wildman–Crippen LogP) is 2.92. The van der Waals surface area contributed by atoms with Crippen molar-refractivity contribution in [3.05, 3.63) is 28.7 Å². The van der Waals surface area contributed by atoms with Crippen LogP contribution in [-0.4, -0.2) is 15.8 Å². The smallest absolute Gasteiger partial charge is 0.0976 e. The number of rotatable bonds is 3. The molecule has 0 amide bonds. The molecular weight excluding hydrogens is 204 g/mol. The van der Waals surface area contributed by atoms with Gasteiger partial charge in [0.25, 0.3) is 0 Å². The number of halogens is 1. The van der Waals surface area contributed by atoms with Gasteiger partial charge in [0.05, 0.1) is 16.4 Å². The zero-order valence-corrected chi connectivity index (χ0v) is 8.53. The molecule has 0 spiro atoms. The first-order valence-electron chi connectivity index (χ1n) is 4.04. The van der Waals surface area contributed by atoms with Crippen LogP contribution in [0.25, 0.3) is 11.4 Å². The van der Waals surface area contributed by atoms with Crippen LogP contribution in [0.2, 0.25) is 0 Å². The van der Waals surface area contributed by atoms with Crippen LogP contribution in [0.4, 0.5) is 0 Å². The number of aromatic nitrogens is 2. The maximum Gasteiger partial charge on any atom is 0.0976 e. The van der Waals surface area contributed by atoms with Gasteiger partial charge in [-0.15, -0.1) is 22.9 Å². The highest BCUT2D eigenvalue weighted by molar-refractivity contribution is 7.09. The molecular formula is C9H9ClN2S. The number of H-pyrrole nitrogens is 1. The summed E-state index contributed by atoms with van der Waals surface area (Å²) in [6, 6.07) is 3.98. The number of thiazole rings is 1. The predicted molar refractivity (Wildman–Crippen MR) is 56.3 cm³/mol. The van der Waals surface area contributed by atoms with Crippen LogP contribution in [0.15, 0.2) is 23.7 Å². The molecule has 2 nitrogen and oxygen atoms in total. The van der Waals surface area contributed by atoms with Gasteiger partial charge in [-0.05, 0) is 12.1 Å². The molecule has 2 heterocycles. The molecule has 2 rings (SSSR count). The third-order valence-electron chi connectivity index (χ3n) is 1.73. The number of aryl methyl sites for hydroxylation is 1. The van der Waals surface area contributed by atoms with Crippen molar-refractivity contribution in [3.63, 3.8) is 0 Å². The maximum atomic E-state index is 5.63. The van der Waals surface area contributed by atoms with Crippen molar-refractivity contribution in [2.75, 3.05) is 5.88 Å². The van der Waals surface area contributed by atoms with E-state index in [1.54, 1.807) is 11.3 Å². The van der Waals surface area contributed by atoms with Gasteiger partial charge in [-0.25, -0.2) is 4.98 Å². The summed E-state index contributed by atoms with van der Waals surface area (Å²) >= 11 is 7.29. The maximum absolute atomic E-state index is 5.63. The van der Waals surface area contributed by atoms with Gasteiger partial charge in [-0.1, -0.05) is 0 Å². The van der Waals surface area contributed by atoms with Crippen molar-refractivity contribution in [1.29, 1.82) is 0 Å². The molecule has 0 aromatic carbocycles. The monoisotopic (exact) mass is 212 g/mol. The molecule has 13 heavy (non-hydrogen) atoms. The minimum absolute atomic E-state index is 0.637. The van der Waals surface area contributed by atoms with E-state index in [1.165, 1.54) is 0 Å². The average molecular weight is 213 g/mol. The SMILES string of the molecule is ClCCc1nc(-c2ccc[nH]2)cs1. The van der Waals surface area contributed by atoms with Crippen molar-refractivity contribution in [1.82, 2.24) is 9.97 Å². The fourth-order valence-electron chi connectivity index (χ4n) is 1.12. The minimum atomic E-state index is 0.637. The Labute approximate surface area is 85.6 Å². The van der Waals surface area contributed by atoms with Gasteiger partial charge in [0.1, 0.15) is 0 Å². The first kappa shape index (κ1) is 8.78. The van der Waals surface area contributed by atoms with E-state index in [0.717, 1.165) is 22.8 Å². The van der Waals surface area contributed by atoms with Crippen LogP contribution in [0, 0.1) is 0 Å². The molecule has 0 atom stereocenters. The van der Waals surface area contributed by atoms with Crippen molar-refractivity contribution in [2.45, 2.75) is 6.42 Å². The summed E-state index contributed by atoms with van der Waals surface area (Å²) in [5.41, 5.74) is 2.08. The van der Waals surface area contributed by atoms with Crippen LogP contribution in [-0.2, 0) is 6.42 Å². The molecule has 0 saturated heterocycles. The molecule has 0 aliphatic heterocycles. The first-order valence-corrected chi connectivity index (χ1v) is 5.45. The molecule has 0 saturated carbocycles. The quantitative estimate of drug-likeness (QED) is 0.779. The van der Waals surface area contributed by atoms with Gasteiger partial charge in [-0.3, -0.25) is 0 Å². The summed E-state index contributed by atoms with van der Waals surface area (Å²) in [7, 11) is 0. The highest BCUT2D eigenvalue weighted by Gasteiger charge is 2.03. The molecule has 68 valence electrons. The lowest BCUT2D eigenvalue weighted by atomic mass is 10.3. The van der Waals surface area contributed by atoms with Crippen LogP contribution in [0.5, 0.6) is 0 Å². The molecule has 0 fully saturated rings. The minimum Gasteiger partial charge on any atom is -0.360 e. The molecule has 1 N–H and O–H groups in total. The third kappa shape index (κ3) is 1.92. The van der Waals surface area contributed by atoms with E-state index in [1.807, 2.05) is 23.7 Å². The van der Waals surface area contributed by atoms with E-state index >= 15 is 0 Å². The van der Waals surface area contributed by atoms with E-state index < -0.39 is 0 Å². The lowest BCUT2D eigenvalue weighted by molar-refractivity contribution is 1.10. The van der Waals surface area contributed by atoms with Gasteiger partial charge >= 0.3 is 0 Å². The second-order valence-corrected chi connectivity index (χ2v) is 3.97. The van der Waals surface area contributed by atoms with Gasteiger partial charge in [0.15, 0.2) is 0 Å². The van der Waals surface area contributed by atoms with Crippen LogP contribution < -0.4 is 0 Å². The van der Waals surface area contributed by atoms with Gasteiger partial charge in [-0.2, -0.15) is 0 Å². The molecule has 0 unspecified atom stereocenters.